The van der Waals surface area contributed by atoms with E-state index in [1.807, 2.05) is 20.0 Å². The highest BCUT2D eigenvalue weighted by atomic mass is 15.2. The number of hydrogen-bond acceptors (Lipinski definition) is 4. The summed E-state index contributed by atoms with van der Waals surface area (Å²) < 4.78 is 0. The summed E-state index contributed by atoms with van der Waals surface area (Å²) in [6.45, 7) is 7.59. The van der Waals surface area contributed by atoms with Crippen molar-refractivity contribution < 1.29 is 0 Å². The number of nitrogens with one attached hydrogen (secondary N) is 1. The van der Waals surface area contributed by atoms with Gasteiger partial charge in [-0.25, -0.2) is 9.97 Å². The second-order valence-corrected chi connectivity index (χ2v) is 5.54. The molecular weight excluding hydrogens is 236 g/mol. The highest BCUT2D eigenvalue weighted by Crippen LogP contribution is 2.21. The van der Waals surface area contributed by atoms with Gasteiger partial charge in [-0.15, -0.1) is 0 Å². The highest BCUT2D eigenvalue weighted by molar-refractivity contribution is 5.34. The largest absolute Gasteiger partial charge is 0.373 e. The number of aromatic nitrogens is 2. The van der Waals surface area contributed by atoms with Gasteiger partial charge in [0.1, 0.15) is 11.6 Å². The number of aryl methyl sites for hydroxylation is 1. The van der Waals surface area contributed by atoms with Crippen molar-refractivity contribution in [2.75, 3.05) is 25.5 Å². The molecular formula is C15H26N4. The van der Waals surface area contributed by atoms with E-state index >= 15 is 0 Å². The standard InChI is InChI=1S/C15H26N4/c1-4-13-6-5-8-19(9-7-13)11-15-17-12(2)10-14(16-3)18-15/h10,13H,4-9,11H2,1-3H3,(H,16,17,18). The van der Waals surface area contributed by atoms with Crippen LogP contribution in [0.1, 0.15) is 44.1 Å². The third kappa shape index (κ3) is 4.16. The van der Waals surface area contributed by atoms with Crippen LogP contribution in [0, 0.1) is 12.8 Å². The van der Waals surface area contributed by atoms with Gasteiger partial charge >= 0.3 is 0 Å². The van der Waals surface area contributed by atoms with Gasteiger partial charge in [-0.2, -0.15) is 0 Å². The lowest BCUT2D eigenvalue weighted by Crippen LogP contribution is -2.25. The normalized spacial score (nSPS) is 21.1. The van der Waals surface area contributed by atoms with Gasteiger partial charge in [-0.3, -0.25) is 4.90 Å². The Hall–Kier alpha value is -1.16. The Morgan fingerprint density at radius 2 is 2.16 bits per heavy atom. The lowest BCUT2D eigenvalue weighted by Gasteiger charge is -2.19. The summed E-state index contributed by atoms with van der Waals surface area (Å²) in [7, 11) is 1.91. The lowest BCUT2D eigenvalue weighted by molar-refractivity contribution is 0.265. The van der Waals surface area contributed by atoms with Gasteiger partial charge in [0.25, 0.3) is 0 Å². The van der Waals surface area contributed by atoms with Crippen molar-refractivity contribution in [3.05, 3.63) is 17.6 Å². The van der Waals surface area contributed by atoms with Crippen LogP contribution in [0.5, 0.6) is 0 Å². The topological polar surface area (TPSA) is 41.1 Å². The molecule has 0 aliphatic carbocycles. The van der Waals surface area contributed by atoms with Gasteiger partial charge < -0.3 is 5.32 Å². The fraction of sp³-hybridized carbons (Fsp3) is 0.733. The molecule has 1 N–H and O–H groups in total. The van der Waals surface area contributed by atoms with E-state index in [9.17, 15) is 0 Å². The lowest BCUT2D eigenvalue weighted by atomic mass is 9.98. The summed E-state index contributed by atoms with van der Waals surface area (Å²) in [6.07, 6.45) is 5.33. The average molecular weight is 262 g/mol. The zero-order valence-corrected chi connectivity index (χ0v) is 12.4. The summed E-state index contributed by atoms with van der Waals surface area (Å²) in [6, 6.07) is 1.99. The molecule has 2 rings (SSSR count). The highest BCUT2D eigenvalue weighted by Gasteiger charge is 2.16. The molecule has 1 fully saturated rings. The van der Waals surface area contributed by atoms with Crippen molar-refractivity contribution in [1.29, 1.82) is 0 Å². The first-order chi connectivity index (χ1) is 9.21. The van der Waals surface area contributed by atoms with Crippen LogP contribution in [0.15, 0.2) is 6.07 Å². The molecule has 2 heterocycles. The Morgan fingerprint density at radius 1 is 1.32 bits per heavy atom. The van der Waals surface area contributed by atoms with Crippen LogP contribution in [-0.2, 0) is 6.54 Å². The van der Waals surface area contributed by atoms with E-state index in [1.165, 1.54) is 38.8 Å². The monoisotopic (exact) mass is 262 g/mol. The van der Waals surface area contributed by atoms with E-state index in [0.717, 1.165) is 29.8 Å². The first-order valence-corrected chi connectivity index (χ1v) is 7.46. The van der Waals surface area contributed by atoms with Gasteiger partial charge in [-0.1, -0.05) is 13.3 Å². The molecule has 0 spiro atoms. The predicted octanol–water partition coefficient (Wildman–Crippen LogP) is 2.84. The molecule has 4 nitrogen and oxygen atoms in total. The summed E-state index contributed by atoms with van der Waals surface area (Å²) in [4.78, 5) is 11.6. The third-order valence-electron chi connectivity index (χ3n) is 4.04. The minimum absolute atomic E-state index is 0.882. The molecule has 1 aliphatic rings. The molecule has 0 amide bonds. The van der Waals surface area contributed by atoms with Gasteiger partial charge in [0.15, 0.2) is 0 Å². The van der Waals surface area contributed by atoms with Crippen LogP contribution >= 0.6 is 0 Å². The fourth-order valence-corrected chi connectivity index (χ4v) is 2.82. The number of hydrogen-bond donors (Lipinski definition) is 1. The van der Waals surface area contributed by atoms with Crippen LogP contribution in [0.3, 0.4) is 0 Å². The summed E-state index contributed by atoms with van der Waals surface area (Å²) in [5, 5.41) is 3.10. The first kappa shape index (κ1) is 14.3. The van der Waals surface area contributed by atoms with Crippen molar-refractivity contribution >= 4 is 5.82 Å². The number of likely N-dealkylation sites (tertiary alicyclic amines) is 1. The molecule has 1 atom stereocenters. The van der Waals surface area contributed by atoms with E-state index in [0.29, 0.717) is 0 Å². The molecule has 0 radical (unpaired) electrons. The Labute approximate surface area is 116 Å². The Kier molecular flexibility index (Phi) is 5.14. The van der Waals surface area contributed by atoms with Crippen molar-refractivity contribution in [3.8, 4) is 0 Å². The van der Waals surface area contributed by atoms with E-state index in [-0.39, 0.29) is 0 Å². The zero-order chi connectivity index (χ0) is 13.7. The fourth-order valence-electron chi connectivity index (χ4n) is 2.82. The first-order valence-electron chi connectivity index (χ1n) is 7.46. The maximum absolute atomic E-state index is 4.55. The Morgan fingerprint density at radius 3 is 2.89 bits per heavy atom. The minimum Gasteiger partial charge on any atom is -0.373 e. The van der Waals surface area contributed by atoms with Crippen LogP contribution in [0.4, 0.5) is 5.82 Å². The smallest absolute Gasteiger partial charge is 0.144 e. The van der Waals surface area contributed by atoms with Crippen LogP contribution in [-0.4, -0.2) is 35.0 Å². The second-order valence-electron chi connectivity index (χ2n) is 5.54. The molecule has 0 saturated carbocycles. The average Bonchev–Trinajstić information content (AvgIpc) is 2.63. The van der Waals surface area contributed by atoms with Gasteiger partial charge in [0.05, 0.1) is 6.54 Å². The summed E-state index contributed by atoms with van der Waals surface area (Å²) in [5.41, 5.74) is 1.04. The molecule has 19 heavy (non-hydrogen) atoms. The van der Waals surface area contributed by atoms with Crippen LogP contribution in [0.2, 0.25) is 0 Å². The van der Waals surface area contributed by atoms with Crippen molar-refractivity contribution in [1.82, 2.24) is 14.9 Å². The molecule has 1 unspecified atom stereocenters. The molecule has 0 aromatic carbocycles. The molecule has 0 bridgehead atoms. The maximum atomic E-state index is 4.55. The Bertz CT molecular complexity index is 405. The predicted molar refractivity (Wildman–Crippen MR) is 79.2 cm³/mol. The van der Waals surface area contributed by atoms with Crippen LogP contribution < -0.4 is 5.32 Å². The maximum Gasteiger partial charge on any atom is 0.144 e. The van der Waals surface area contributed by atoms with Crippen molar-refractivity contribution in [2.45, 2.75) is 46.1 Å². The second kappa shape index (κ2) is 6.85. The summed E-state index contributed by atoms with van der Waals surface area (Å²) in [5.74, 6) is 2.78. The Balaban J connectivity index is 1.98. The molecule has 4 heteroatoms. The SMILES string of the molecule is CCC1CCCN(Cc2nc(C)cc(NC)n2)CC1. The number of nitrogens with zero attached hydrogens (tertiary/aromatic N) is 3. The quantitative estimate of drug-likeness (QED) is 0.906. The van der Waals surface area contributed by atoms with Gasteiger partial charge in [0, 0.05) is 18.8 Å². The van der Waals surface area contributed by atoms with Gasteiger partial charge in [-0.05, 0) is 45.2 Å². The zero-order valence-electron chi connectivity index (χ0n) is 12.4. The van der Waals surface area contributed by atoms with E-state index < -0.39 is 0 Å². The van der Waals surface area contributed by atoms with Crippen molar-refractivity contribution in [3.63, 3.8) is 0 Å². The van der Waals surface area contributed by atoms with Crippen LogP contribution in [0.25, 0.3) is 0 Å². The number of anilines is 1. The third-order valence-corrected chi connectivity index (χ3v) is 4.04. The molecule has 1 aromatic heterocycles. The molecule has 106 valence electrons. The van der Waals surface area contributed by atoms with Gasteiger partial charge in [0.2, 0.25) is 0 Å². The number of rotatable bonds is 4. The molecule has 1 saturated heterocycles. The summed E-state index contributed by atoms with van der Waals surface area (Å²) >= 11 is 0. The van der Waals surface area contributed by atoms with Crippen molar-refractivity contribution in [2.24, 2.45) is 5.92 Å². The molecule has 1 aliphatic heterocycles. The van der Waals surface area contributed by atoms with E-state index in [1.54, 1.807) is 0 Å². The van der Waals surface area contributed by atoms with E-state index in [2.05, 4.69) is 27.1 Å². The molecule has 1 aromatic rings. The van der Waals surface area contributed by atoms with E-state index in [4.69, 9.17) is 0 Å². The minimum atomic E-state index is 0.882.